The Kier molecular flexibility index (Phi) is 4.04. The molecular formula is C18H16N2O4S2. The summed E-state index contributed by atoms with van der Waals surface area (Å²) in [6, 6.07) is 2.87. The molecule has 2 aliphatic rings. The van der Waals surface area contributed by atoms with Crippen LogP contribution in [-0.4, -0.2) is 34.9 Å². The lowest BCUT2D eigenvalue weighted by Gasteiger charge is -2.31. The first kappa shape index (κ1) is 17.1. The monoisotopic (exact) mass is 388 g/mol. The van der Waals surface area contributed by atoms with E-state index in [4.69, 9.17) is 0 Å². The summed E-state index contributed by atoms with van der Waals surface area (Å²) in [4.78, 5) is 51.9. The van der Waals surface area contributed by atoms with Gasteiger partial charge in [0, 0.05) is 21.4 Å². The van der Waals surface area contributed by atoms with Gasteiger partial charge < -0.3 is 5.32 Å². The Labute approximate surface area is 157 Å². The highest BCUT2D eigenvalue weighted by Crippen LogP contribution is 2.42. The molecule has 3 amide bonds. The lowest BCUT2D eigenvalue weighted by Crippen LogP contribution is -2.46. The van der Waals surface area contributed by atoms with Gasteiger partial charge in [-0.05, 0) is 43.7 Å². The van der Waals surface area contributed by atoms with Gasteiger partial charge in [-0.25, -0.2) is 4.79 Å². The lowest BCUT2D eigenvalue weighted by atomic mass is 9.80. The van der Waals surface area contributed by atoms with Crippen LogP contribution in [0.5, 0.6) is 0 Å². The molecule has 1 aliphatic carbocycles. The number of aryl methyl sites for hydroxylation is 1. The van der Waals surface area contributed by atoms with E-state index in [-0.39, 0.29) is 24.0 Å². The van der Waals surface area contributed by atoms with Crippen molar-refractivity contribution in [3.63, 3.8) is 0 Å². The minimum Gasteiger partial charge on any atom is -0.319 e. The van der Waals surface area contributed by atoms with Crippen molar-refractivity contribution in [1.29, 1.82) is 0 Å². The molecule has 3 heterocycles. The third-order valence-corrected chi connectivity index (χ3v) is 6.87. The topological polar surface area (TPSA) is 83.6 Å². The van der Waals surface area contributed by atoms with Gasteiger partial charge in [-0.15, -0.1) is 22.7 Å². The molecule has 0 saturated carbocycles. The Bertz CT molecular complexity index is 945. The van der Waals surface area contributed by atoms with E-state index in [1.807, 2.05) is 11.4 Å². The molecule has 8 heteroatoms. The number of thiophene rings is 2. The molecule has 2 aromatic rings. The Balaban J connectivity index is 1.59. The van der Waals surface area contributed by atoms with Crippen LogP contribution in [0.1, 0.15) is 50.2 Å². The summed E-state index contributed by atoms with van der Waals surface area (Å²) < 4.78 is 0. The molecule has 0 radical (unpaired) electrons. The number of ketones is 2. The number of urea groups is 1. The molecule has 0 aromatic carbocycles. The van der Waals surface area contributed by atoms with E-state index >= 15 is 0 Å². The molecule has 1 saturated heterocycles. The van der Waals surface area contributed by atoms with Gasteiger partial charge in [0.25, 0.3) is 5.91 Å². The van der Waals surface area contributed by atoms with E-state index in [0.29, 0.717) is 16.9 Å². The number of rotatable bonds is 4. The molecule has 6 nitrogen and oxygen atoms in total. The number of imide groups is 1. The second-order valence-corrected chi connectivity index (χ2v) is 8.43. The lowest BCUT2D eigenvalue weighted by molar-refractivity contribution is -0.131. The van der Waals surface area contributed by atoms with Crippen LogP contribution in [0.15, 0.2) is 22.9 Å². The molecular weight excluding hydrogens is 372 g/mol. The molecule has 2 aromatic heterocycles. The summed E-state index contributed by atoms with van der Waals surface area (Å²) in [5.41, 5.74) is 0.282. The quantitative estimate of drug-likeness (QED) is 0.645. The maximum absolute atomic E-state index is 13.1. The summed E-state index contributed by atoms with van der Waals surface area (Å²) >= 11 is 2.74. The highest BCUT2D eigenvalue weighted by molar-refractivity contribution is 7.12. The zero-order valence-corrected chi connectivity index (χ0v) is 15.7. The number of carbonyl (C=O) groups is 4. The first-order valence-corrected chi connectivity index (χ1v) is 10.0. The van der Waals surface area contributed by atoms with Crippen LogP contribution >= 0.6 is 22.7 Å². The smallest absolute Gasteiger partial charge is 0.319 e. The first-order chi connectivity index (χ1) is 12.4. The van der Waals surface area contributed by atoms with Crippen molar-refractivity contribution in [2.75, 3.05) is 6.54 Å². The van der Waals surface area contributed by atoms with Crippen LogP contribution in [0, 0.1) is 0 Å². The fourth-order valence-electron chi connectivity index (χ4n) is 3.57. The van der Waals surface area contributed by atoms with Crippen molar-refractivity contribution >= 4 is 46.2 Å². The zero-order chi connectivity index (χ0) is 18.5. The molecule has 1 fully saturated rings. The standard InChI is InChI=1S/C18H16N2O4S2/c1-10(21)11-7-15(26-9-11)13(22)8-20-16(23)18(19-17(20)24)5-2-3-14-12(18)4-6-25-14/h4,6-7,9H,2-3,5,8H2,1H3,(H,19,24). The Morgan fingerprint density at radius 3 is 2.85 bits per heavy atom. The molecule has 0 bridgehead atoms. The Hall–Kier alpha value is -2.32. The molecule has 26 heavy (non-hydrogen) atoms. The number of Topliss-reactive ketones (excluding diaryl/α,β-unsaturated/α-hetero) is 2. The molecule has 1 N–H and O–H groups in total. The highest BCUT2D eigenvalue weighted by atomic mass is 32.1. The maximum Gasteiger partial charge on any atom is 0.325 e. The van der Waals surface area contributed by atoms with Crippen LogP contribution in [-0.2, 0) is 16.8 Å². The van der Waals surface area contributed by atoms with Crippen molar-refractivity contribution in [2.24, 2.45) is 0 Å². The van der Waals surface area contributed by atoms with Gasteiger partial charge in [0.1, 0.15) is 5.54 Å². The van der Waals surface area contributed by atoms with Crippen LogP contribution in [0.2, 0.25) is 0 Å². The van der Waals surface area contributed by atoms with E-state index in [2.05, 4.69) is 5.32 Å². The van der Waals surface area contributed by atoms with Gasteiger partial charge in [0.15, 0.2) is 11.6 Å². The van der Waals surface area contributed by atoms with Crippen LogP contribution < -0.4 is 5.32 Å². The minimum atomic E-state index is -1.04. The van der Waals surface area contributed by atoms with E-state index in [0.717, 1.165) is 39.5 Å². The van der Waals surface area contributed by atoms with Crippen molar-refractivity contribution in [1.82, 2.24) is 10.2 Å². The second-order valence-electron chi connectivity index (χ2n) is 6.52. The molecule has 134 valence electrons. The van der Waals surface area contributed by atoms with Gasteiger partial charge in [-0.2, -0.15) is 0 Å². The number of carbonyl (C=O) groups excluding carboxylic acids is 4. The normalized spacial score (nSPS) is 21.8. The molecule has 1 spiro atoms. The van der Waals surface area contributed by atoms with Crippen molar-refractivity contribution in [2.45, 2.75) is 31.7 Å². The molecule has 1 atom stereocenters. The van der Waals surface area contributed by atoms with Crippen molar-refractivity contribution in [3.05, 3.63) is 43.8 Å². The van der Waals surface area contributed by atoms with Gasteiger partial charge in [-0.1, -0.05) is 0 Å². The number of hydrogen-bond acceptors (Lipinski definition) is 6. The fourth-order valence-corrected chi connectivity index (χ4v) is 5.45. The maximum atomic E-state index is 13.1. The van der Waals surface area contributed by atoms with Gasteiger partial charge in [-0.3, -0.25) is 19.3 Å². The van der Waals surface area contributed by atoms with Crippen LogP contribution in [0.3, 0.4) is 0 Å². The van der Waals surface area contributed by atoms with Gasteiger partial charge in [0.2, 0.25) is 0 Å². The van der Waals surface area contributed by atoms with Gasteiger partial charge in [0.05, 0.1) is 11.4 Å². The number of nitrogens with one attached hydrogen (secondary N) is 1. The molecule has 1 aliphatic heterocycles. The van der Waals surface area contributed by atoms with Crippen LogP contribution in [0.25, 0.3) is 0 Å². The largest absolute Gasteiger partial charge is 0.325 e. The zero-order valence-electron chi connectivity index (χ0n) is 14.0. The predicted molar refractivity (Wildman–Crippen MR) is 97.8 cm³/mol. The Morgan fingerprint density at radius 1 is 1.31 bits per heavy atom. The summed E-state index contributed by atoms with van der Waals surface area (Å²) in [5.74, 6) is -0.829. The third kappa shape index (κ3) is 2.52. The summed E-state index contributed by atoms with van der Waals surface area (Å²) in [7, 11) is 0. The average molecular weight is 388 g/mol. The number of fused-ring (bicyclic) bond motifs is 2. The highest BCUT2D eigenvalue weighted by Gasteiger charge is 2.54. The van der Waals surface area contributed by atoms with E-state index in [1.165, 1.54) is 13.0 Å². The van der Waals surface area contributed by atoms with E-state index in [9.17, 15) is 19.2 Å². The summed E-state index contributed by atoms with van der Waals surface area (Å²) in [6.45, 7) is 1.11. The predicted octanol–water partition coefficient (Wildman–Crippen LogP) is 2.98. The Morgan fingerprint density at radius 2 is 2.12 bits per heavy atom. The fraction of sp³-hybridized carbons (Fsp3) is 0.333. The summed E-state index contributed by atoms with van der Waals surface area (Å²) in [6.07, 6.45) is 2.26. The molecule has 4 rings (SSSR count). The number of hydrogen-bond donors (Lipinski definition) is 1. The molecule has 1 unspecified atom stereocenters. The van der Waals surface area contributed by atoms with Crippen molar-refractivity contribution < 1.29 is 19.2 Å². The minimum absolute atomic E-state index is 0.124. The number of nitrogens with zero attached hydrogens (tertiary/aromatic N) is 1. The average Bonchev–Trinajstić information content (AvgIpc) is 3.31. The summed E-state index contributed by atoms with van der Waals surface area (Å²) in [5, 5.41) is 6.38. The SMILES string of the molecule is CC(=O)c1csc(C(=O)CN2C(=O)NC3(CCCc4sccc43)C2=O)c1. The van der Waals surface area contributed by atoms with Gasteiger partial charge >= 0.3 is 6.03 Å². The van der Waals surface area contributed by atoms with E-state index in [1.54, 1.807) is 16.7 Å². The van der Waals surface area contributed by atoms with E-state index < -0.39 is 11.6 Å². The first-order valence-electron chi connectivity index (χ1n) is 8.26. The number of amides is 3. The van der Waals surface area contributed by atoms with Crippen molar-refractivity contribution in [3.8, 4) is 0 Å². The second kappa shape index (κ2) is 6.14. The third-order valence-electron chi connectivity index (χ3n) is 4.92. The van der Waals surface area contributed by atoms with Crippen LogP contribution in [0.4, 0.5) is 4.79 Å².